The van der Waals surface area contributed by atoms with E-state index in [-0.39, 0.29) is 43.4 Å². The van der Waals surface area contributed by atoms with Crippen LogP contribution in [0.5, 0.6) is 11.5 Å². The number of nitrogens with zero attached hydrogens (tertiary/aromatic N) is 3. The molecule has 2 aliphatic rings. The highest BCUT2D eigenvalue weighted by Gasteiger charge is 2.37. The Hall–Kier alpha value is -4.04. The lowest BCUT2D eigenvalue weighted by Crippen LogP contribution is -2.63. The Morgan fingerprint density at radius 2 is 1.72 bits per heavy atom. The smallest absolute Gasteiger partial charge is 0.243 e. The average Bonchev–Trinajstić information content (AvgIpc) is 3.79. The third-order valence-electron chi connectivity index (χ3n) is 9.67. The van der Waals surface area contributed by atoms with Crippen molar-refractivity contribution in [3.8, 4) is 11.5 Å². The van der Waals surface area contributed by atoms with Crippen LogP contribution in [0, 0.1) is 5.92 Å². The van der Waals surface area contributed by atoms with Crippen molar-refractivity contribution in [2.45, 2.75) is 110 Å². The number of rotatable bonds is 16. The molecule has 4 N–H and O–H groups in total. The fourth-order valence-corrected chi connectivity index (χ4v) is 7.62. The number of amides is 3. The molecule has 12 nitrogen and oxygen atoms in total. The van der Waals surface area contributed by atoms with Crippen molar-refractivity contribution in [2.24, 2.45) is 5.92 Å². The maximum Gasteiger partial charge on any atom is 0.243 e. The molecular formula is C41H58N6O6S. The summed E-state index contributed by atoms with van der Waals surface area (Å²) in [7, 11) is 0. The van der Waals surface area contributed by atoms with Gasteiger partial charge in [-0.3, -0.25) is 24.2 Å². The molecule has 4 atom stereocenters. The van der Waals surface area contributed by atoms with E-state index in [1.807, 2.05) is 93.4 Å². The second-order valence-corrected chi connectivity index (χ2v) is 17.1. The molecule has 5 rings (SSSR count). The van der Waals surface area contributed by atoms with Gasteiger partial charge in [-0.1, -0.05) is 64.1 Å². The number of carbonyl (C=O) groups is 3. The first kappa shape index (κ1) is 41.1. The summed E-state index contributed by atoms with van der Waals surface area (Å²) in [5, 5.41) is 24.1. The number of aliphatic hydroxyl groups excluding tert-OH is 1. The van der Waals surface area contributed by atoms with Crippen LogP contribution in [0.1, 0.15) is 82.6 Å². The highest BCUT2D eigenvalue weighted by Crippen LogP contribution is 2.33. The van der Waals surface area contributed by atoms with Gasteiger partial charge in [-0.15, -0.1) is 11.3 Å². The van der Waals surface area contributed by atoms with Gasteiger partial charge in [0.1, 0.15) is 12.1 Å². The van der Waals surface area contributed by atoms with Gasteiger partial charge in [-0.2, -0.15) is 0 Å². The number of nitrogens with one attached hydrogen (secondary N) is 3. The number of thiazole rings is 1. The molecule has 2 aromatic carbocycles. The first-order valence-corrected chi connectivity index (χ1v) is 20.0. The summed E-state index contributed by atoms with van der Waals surface area (Å²) < 4.78 is 11.1. The Labute approximate surface area is 324 Å². The molecule has 0 unspecified atom stereocenters. The van der Waals surface area contributed by atoms with Crippen molar-refractivity contribution in [2.75, 3.05) is 33.0 Å². The van der Waals surface area contributed by atoms with E-state index in [2.05, 4.69) is 39.7 Å². The summed E-state index contributed by atoms with van der Waals surface area (Å²) in [6.45, 7) is 16.5. The van der Waals surface area contributed by atoms with Gasteiger partial charge in [-0.05, 0) is 62.8 Å². The number of hydrogen-bond acceptors (Lipinski definition) is 10. The molecule has 0 aliphatic carbocycles. The van der Waals surface area contributed by atoms with Crippen molar-refractivity contribution in [3.05, 3.63) is 75.7 Å². The lowest BCUT2D eigenvalue weighted by molar-refractivity contribution is -0.133. The molecular weight excluding hydrogens is 705 g/mol. The van der Waals surface area contributed by atoms with E-state index < -0.39 is 29.8 Å². The van der Waals surface area contributed by atoms with Gasteiger partial charge >= 0.3 is 0 Å². The van der Waals surface area contributed by atoms with Crippen molar-refractivity contribution in [3.63, 3.8) is 0 Å². The number of fused-ring (bicyclic) bond motifs is 1. The van der Waals surface area contributed by atoms with Crippen LogP contribution >= 0.6 is 11.3 Å². The zero-order chi connectivity index (χ0) is 39.0. The van der Waals surface area contributed by atoms with E-state index in [0.717, 1.165) is 33.3 Å². The van der Waals surface area contributed by atoms with Crippen molar-refractivity contribution >= 4 is 29.1 Å². The maximum absolute atomic E-state index is 13.9. The van der Waals surface area contributed by atoms with E-state index >= 15 is 0 Å². The zero-order valence-corrected chi connectivity index (χ0v) is 33.6. The number of benzene rings is 2. The van der Waals surface area contributed by atoms with Crippen LogP contribution in [0.4, 0.5) is 0 Å². The lowest BCUT2D eigenvalue weighted by atomic mass is 9.97. The standard InChI is InChI=1S/C41H58N6O6S/c1-26(2)37(44-36(49)16-14-30-24-54-40(42-30)27(3)4)39(51)43-31(19-28-11-9-8-10-12-28)33(48)23-47-18-17-46(22-32(47)38(50)45-41(5,6)7)21-29-13-15-34-35(20-29)53-25-52-34/h8-13,15,20,24,26-27,31-33,37,48H,14,16-19,21-23,25H2,1-7H3,(H,43,51)(H,44,49)(H,45,50)/t31-,32-,33+,37-/m0/s1. The number of β-amino-alcohol motifs (C(OH)–C–C–N with tert-alkyl or cyclic N) is 1. The highest BCUT2D eigenvalue weighted by atomic mass is 32.1. The predicted octanol–water partition coefficient (Wildman–Crippen LogP) is 4.26. The van der Waals surface area contributed by atoms with E-state index in [9.17, 15) is 19.5 Å². The summed E-state index contributed by atoms with van der Waals surface area (Å²) in [5.74, 6) is 0.880. The molecule has 1 saturated heterocycles. The van der Waals surface area contributed by atoms with Gasteiger partial charge in [0, 0.05) is 56.0 Å². The largest absolute Gasteiger partial charge is 0.454 e. The van der Waals surface area contributed by atoms with E-state index in [1.54, 1.807) is 11.3 Å². The number of aromatic nitrogens is 1. The molecule has 13 heteroatoms. The molecule has 3 amide bonds. The quantitative estimate of drug-likeness (QED) is 0.168. The Morgan fingerprint density at radius 1 is 0.981 bits per heavy atom. The molecule has 54 heavy (non-hydrogen) atoms. The molecule has 3 heterocycles. The minimum absolute atomic E-state index is 0.116. The number of ether oxygens (including phenoxy) is 2. The number of aliphatic hydroxyl groups is 1. The van der Waals surface area contributed by atoms with Gasteiger partial charge in [0.25, 0.3) is 0 Å². The van der Waals surface area contributed by atoms with Gasteiger partial charge in [0.2, 0.25) is 24.5 Å². The van der Waals surface area contributed by atoms with Gasteiger partial charge in [0.15, 0.2) is 11.5 Å². The second kappa shape index (κ2) is 18.5. The highest BCUT2D eigenvalue weighted by molar-refractivity contribution is 7.09. The third-order valence-corrected chi connectivity index (χ3v) is 10.9. The second-order valence-electron chi connectivity index (χ2n) is 16.2. The maximum atomic E-state index is 13.9. The van der Waals surface area contributed by atoms with Crippen LogP contribution in [0.15, 0.2) is 53.9 Å². The number of hydrogen-bond donors (Lipinski definition) is 4. The summed E-state index contributed by atoms with van der Waals surface area (Å²) in [5.41, 5.74) is 2.44. The first-order chi connectivity index (χ1) is 25.6. The van der Waals surface area contributed by atoms with E-state index in [1.165, 1.54) is 0 Å². The normalized spacial score (nSPS) is 18.0. The van der Waals surface area contributed by atoms with Crippen LogP contribution in [0.2, 0.25) is 0 Å². The molecule has 1 fully saturated rings. The molecule has 2 aliphatic heterocycles. The number of carbonyl (C=O) groups excluding carboxylic acids is 3. The molecule has 0 spiro atoms. The van der Waals surface area contributed by atoms with Crippen molar-refractivity contribution in [1.82, 2.24) is 30.7 Å². The molecule has 3 aromatic rings. The minimum Gasteiger partial charge on any atom is -0.454 e. The minimum atomic E-state index is -1.01. The fourth-order valence-electron chi connectivity index (χ4n) is 6.75. The number of piperazine rings is 1. The SMILES string of the molecule is CC(C)c1nc(CCC(=O)N[C@H](C(=O)N[C@@H](Cc2ccccc2)[C@H](O)CN2CCN(Cc3ccc4c(c3)OCO4)C[C@H]2C(=O)NC(C)(C)C)C(C)C)cs1. The fraction of sp³-hybridized carbons (Fsp3) is 0.561. The topological polar surface area (TPSA) is 145 Å². The summed E-state index contributed by atoms with van der Waals surface area (Å²) in [4.78, 5) is 49.8. The van der Waals surface area contributed by atoms with Crippen molar-refractivity contribution < 1.29 is 29.0 Å². The Balaban J connectivity index is 1.27. The molecule has 0 bridgehead atoms. The summed E-state index contributed by atoms with van der Waals surface area (Å²) in [6, 6.07) is 13.6. The third kappa shape index (κ3) is 11.7. The van der Waals surface area contributed by atoms with Crippen LogP contribution in [0.25, 0.3) is 0 Å². The van der Waals surface area contributed by atoms with Gasteiger partial charge in [0.05, 0.1) is 22.8 Å². The Kier molecular flexibility index (Phi) is 14.1. The summed E-state index contributed by atoms with van der Waals surface area (Å²) >= 11 is 1.60. The molecule has 1 aromatic heterocycles. The summed E-state index contributed by atoms with van der Waals surface area (Å²) in [6.07, 6.45) is 0.0668. The lowest BCUT2D eigenvalue weighted by Gasteiger charge is -2.43. The Morgan fingerprint density at radius 3 is 2.41 bits per heavy atom. The van der Waals surface area contributed by atoms with Crippen LogP contribution in [0.3, 0.4) is 0 Å². The van der Waals surface area contributed by atoms with Crippen molar-refractivity contribution in [1.29, 1.82) is 0 Å². The molecule has 294 valence electrons. The number of aryl methyl sites for hydroxylation is 1. The Bertz CT molecular complexity index is 1710. The van der Waals surface area contributed by atoms with Crippen LogP contribution in [-0.2, 0) is 33.8 Å². The molecule has 0 radical (unpaired) electrons. The molecule has 0 saturated carbocycles. The van der Waals surface area contributed by atoms with E-state index in [0.29, 0.717) is 44.9 Å². The van der Waals surface area contributed by atoms with Crippen LogP contribution < -0.4 is 25.4 Å². The average molecular weight is 763 g/mol. The van der Waals surface area contributed by atoms with Crippen LogP contribution in [-0.4, -0.2) is 100 Å². The van der Waals surface area contributed by atoms with Gasteiger partial charge in [-0.25, -0.2) is 4.98 Å². The van der Waals surface area contributed by atoms with E-state index in [4.69, 9.17) is 9.47 Å². The predicted molar refractivity (Wildman–Crippen MR) is 210 cm³/mol. The first-order valence-electron chi connectivity index (χ1n) is 19.1. The van der Waals surface area contributed by atoms with Gasteiger partial charge < -0.3 is 30.5 Å². The zero-order valence-electron chi connectivity index (χ0n) is 32.8. The monoisotopic (exact) mass is 762 g/mol.